The van der Waals surface area contributed by atoms with Crippen molar-refractivity contribution in [1.29, 1.82) is 0 Å². The van der Waals surface area contributed by atoms with E-state index in [4.69, 9.17) is 0 Å². The van der Waals surface area contributed by atoms with Crippen molar-refractivity contribution in [3.8, 4) is 10.6 Å². The molecule has 0 aliphatic carbocycles. The van der Waals surface area contributed by atoms with Crippen LogP contribution in [0.2, 0.25) is 0 Å². The first-order valence-electron chi connectivity index (χ1n) is 10.0. The van der Waals surface area contributed by atoms with Gasteiger partial charge in [-0.1, -0.05) is 18.2 Å². The molecular weight excluding hydrogens is 412 g/mol. The molecule has 0 radical (unpaired) electrons. The number of hydrogen-bond acceptors (Lipinski definition) is 7. The van der Waals surface area contributed by atoms with E-state index in [9.17, 15) is 9.59 Å². The zero-order valence-corrected chi connectivity index (χ0v) is 17.5. The van der Waals surface area contributed by atoms with Crippen LogP contribution in [0.3, 0.4) is 0 Å². The molecule has 0 bridgehead atoms. The molecule has 3 aromatic heterocycles. The first-order chi connectivity index (χ1) is 15.2. The maximum atomic E-state index is 12.8. The fourth-order valence-electron chi connectivity index (χ4n) is 3.70. The van der Waals surface area contributed by atoms with Gasteiger partial charge in [0.2, 0.25) is 5.91 Å². The molecule has 31 heavy (non-hydrogen) atoms. The fourth-order valence-corrected chi connectivity index (χ4v) is 4.39. The van der Waals surface area contributed by atoms with Crippen LogP contribution >= 0.6 is 11.3 Å². The van der Waals surface area contributed by atoms with E-state index in [1.165, 1.54) is 10.9 Å². The maximum Gasteiger partial charge on any atom is 0.261 e. The number of nitrogens with zero attached hydrogens (tertiary/aromatic N) is 6. The molecular formula is C22H20N6O2S. The van der Waals surface area contributed by atoms with Crippen molar-refractivity contribution in [3.05, 3.63) is 70.6 Å². The number of anilines is 1. The molecule has 1 fully saturated rings. The Hall–Kier alpha value is -3.59. The van der Waals surface area contributed by atoms with Crippen molar-refractivity contribution in [3.63, 3.8) is 0 Å². The molecule has 1 aromatic carbocycles. The van der Waals surface area contributed by atoms with Gasteiger partial charge >= 0.3 is 0 Å². The number of hydrogen-bond donors (Lipinski definition) is 0. The van der Waals surface area contributed by atoms with Gasteiger partial charge in [0.25, 0.3) is 5.56 Å². The minimum atomic E-state index is -0.196. The van der Waals surface area contributed by atoms with Gasteiger partial charge < -0.3 is 9.80 Å². The maximum absolute atomic E-state index is 12.8. The second kappa shape index (κ2) is 8.27. The third-order valence-electron chi connectivity index (χ3n) is 5.42. The van der Waals surface area contributed by atoms with Crippen LogP contribution in [-0.4, -0.2) is 56.7 Å². The van der Waals surface area contributed by atoms with Crippen molar-refractivity contribution in [2.24, 2.45) is 0 Å². The van der Waals surface area contributed by atoms with E-state index in [-0.39, 0.29) is 18.0 Å². The average Bonchev–Trinajstić information content (AvgIpc) is 3.36. The molecule has 1 saturated heterocycles. The molecule has 1 aliphatic heterocycles. The van der Waals surface area contributed by atoms with Crippen LogP contribution in [0.1, 0.15) is 0 Å². The Morgan fingerprint density at radius 1 is 0.968 bits per heavy atom. The summed E-state index contributed by atoms with van der Waals surface area (Å²) in [7, 11) is 0. The van der Waals surface area contributed by atoms with Crippen molar-refractivity contribution < 1.29 is 4.79 Å². The van der Waals surface area contributed by atoms with Crippen LogP contribution in [-0.2, 0) is 11.3 Å². The third kappa shape index (κ3) is 3.91. The minimum absolute atomic E-state index is 0.00795. The molecule has 0 saturated carbocycles. The van der Waals surface area contributed by atoms with E-state index in [0.29, 0.717) is 37.1 Å². The summed E-state index contributed by atoms with van der Waals surface area (Å²) >= 11 is 1.63. The first kappa shape index (κ1) is 19.4. The van der Waals surface area contributed by atoms with E-state index in [1.54, 1.807) is 34.4 Å². The number of thiophene rings is 1. The highest BCUT2D eigenvalue weighted by atomic mass is 32.1. The molecule has 9 heteroatoms. The largest absolute Gasteiger partial charge is 0.352 e. The summed E-state index contributed by atoms with van der Waals surface area (Å²) in [6.07, 6.45) is 1.45. The molecule has 1 amide bonds. The predicted molar refractivity (Wildman–Crippen MR) is 120 cm³/mol. The van der Waals surface area contributed by atoms with Crippen LogP contribution in [0.4, 0.5) is 5.82 Å². The van der Waals surface area contributed by atoms with E-state index in [1.807, 2.05) is 35.7 Å². The number of fused-ring (bicyclic) bond motifs is 1. The van der Waals surface area contributed by atoms with Crippen LogP contribution in [0.25, 0.3) is 21.5 Å². The van der Waals surface area contributed by atoms with Gasteiger partial charge in [0.1, 0.15) is 12.2 Å². The summed E-state index contributed by atoms with van der Waals surface area (Å²) < 4.78 is 1.38. The van der Waals surface area contributed by atoms with Gasteiger partial charge in [0.15, 0.2) is 5.82 Å². The molecule has 8 nitrogen and oxygen atoms in total. The second-order valence-corrected chi connectivity index (χ2v) is 8.26. The first-order valence-corrected chi connectivity index (χ1v) is 10.9. The SMILES string of the molecule is O=C(Cn1cnc2ccccc2c1=O)N1CCN(c2ccc(-c3cccs3)nn2)CC1. The predicted octanol–water partition coefficient (Wildman–Crippen LogP) is 2.26. The monoisotopic (exact) mass is 432 g/mol. The van der Waals surface area contributed by atoms with Gasteiger partial charge in [-0.2, -0.15) is 0 Å². The Morgan fingerprint density at radius 3 is 2.55 bits per heavy atom. The Kier molecular flexibility index (Phi) is 5.17. The van der Waals surface area contributed by atoms with Crippen molar-refractivity contribution in [2.75, 3.05) is 31.1 Å². The van der Waals surface area contributed by atoms with E-state index < -0.39 is 0 Å². The lowest BCUT2D eigenvalue weighted by atomic mass is 10.2. The summed E-state index contributed by atoms with van der Waals surface area (Å²) in [5, 5.41) is 11.2. The Labute approximate surface area is 182 Å². The summed E-state index contributed by atoms with van der Waals surface area (Å²) in [5.41, 5.74) is 1.30. The third-order valence-corrected chi connectivity index (χ3v) is 6.31. The molecule has 0 atom stereocenters. The highest BCUT2D eigenvalue weighted by Crippen LogP contribution is 2.23. The zero-order valence-electron chi connectivity index (χ0n) is 16.7. The van der Waals surface area contributed by atoms with Gasteiger partial charge in [-0.25, -0.2) is 4.98 Å². The number of carbonyl (C=O) groups excluding carboxylic acids is 1. The van der Waals surface area contributed by atoms with E-state index in [2.05, 4.69) is 20.1 Å². The van der Waals surface area contributed by atoms with Crippen molar-refractivity contribution in [1.82, 2.24) is 24.6 Å². The number of aromatic nitrogens is 4. The number of piperazine rings is 1. The highest BCUT2D eigenvalue weighted by molar-refractivity contribution is 7.13. The van der Waals surface area contributed by atoms with Crippen LogP contribution in [0.5, 0.6) is 0 Å². The zero-order chi connectivity index (χ0) is 21.2. The van der Waals surface area contributed by atoms with Gasteiger partial charge in [-0.05, 0) is 35.7 Å². The lowest BCUT2D eigenvalue weighted by Gasteiger charge is -2.35. The standard InChI is InChI=1S/C22H20N6O2S/c29-21(14-28-15-23-17-5-2-1-4-16(17)22(28)30)27-11-9-26(10-12-27)20-8-7-18(24-25-20)19-6-3-13-31-19/h1-8,13,15H,9-12,14H2. The van der Waals surface area contributed by atoms with Crippen molar-refractivity contribution >= 4 is 34.0 Å². The molecule has 0 unspecified atom stereocenters. The number of para-hydroxylation sites is 1. The Bertz CT molecular complexity index is 1260. The lowest BCUT2D eigenvalue weighted by Crippen LogP contribution is -2.50. The minimum Gasteiger partial charge on any atom is -0.352 e. The molecule has 5 rings (SSSR count). The highest BCUT2D eigenvalue weighted by Gasteiger charge is 2.23. The Balaban J connectivity index is 1.22. The van der Waals surface area contributed by atoms with Gasteiger partial charge in [0, 0.05) is 26.2 Å². The molecule has 0 spiro atoms. The normalized spacial score (nSPS) is 14.2. The molecule has 1 aliphatic rings. The summed E-state index contributed by atoms with van der Waals surface area (Å²) in [5.74, 6) is 0.723. The van der Waals surface area contributed by atoms with Crippen LogP contribution in [0, 0.1) is 0 Å². The summed E-state index contributed by atoms with van der Waals surface area (Å²) in [4.78, 5) is 34.7. The molecule has 0 N–H and O–H groups in total. The number of benzene rings is 1. The number of rotatable bonds is 4. The number of carbonyl (C=O) groups is 1. The van der Waals surface area contributed by atoms with Crippen LogP contribution < -0.4 is 10.5 Å². The van der Waals surface area contributed by atoms with Crippen molar-refractivity contribution in [2.45, 2.75) is 6.54 Å². The Morgan fingerprint density at radius 2 is 1.81 bits per heavy atom. The van der Waals surface area contributed by atoms with Gasteiger partial charge in [-0.15, -0.1) is 21.5 Å². The molecule has 156 valence electrons. The lowest BCUT2D eigenvalue weighted by molar-refractivity contribution is -0.132. The fraction of sp³-hybridized carbons (Fsp3) is 0.227. The smallest absolute Gasteiger partial charge is 0.261 e. The quantitative estimate of drug-likeness (QED) is 0.492. The summed E-state index contributed by atoms with van der Waals surface area (Å²) in [6.45, 7) is 2.48. The van der Waals surface area contributed by atoms with E-state index in [0.717, 1.165) is 16.4 Å². The molecule has 4 heterocycles. The van der Waals surface area contributed by atoms with Crippen LogP contribution in [0.15, 0.2) is 65.0 Å². The second-order valence-electron chi connectivity index (χ2n) is 7.32. The number of amides is 1. The van der Waals surface area contributed by atoms with Gasteiger partial charge in [-0.3, -0.25) is 14.2 Å². The van der Waals surface area contributed by atoms with E-state index >= 15 is 0 Å². The van der Waals surface area contributed by atoms with Gasteiger partial charge in [0.05, 0.1) is 22.1 Å². The average molecular weight is 433 g/mol. The topological polar surface area (TPSA) is 84.2 Å². The summed E-state index contributed by atoms with van der Waals surface area (Å²) in [6, 6.07) is 15.1. The molecule has 4 aromatic rings.